The zero-order valence-corrected chi connectivity index (χ0v) is 17.2. The van der Waals surface area contributed by atoms with Crippen LogP contribution in [0.4, 0.5) is 0 Å². The molecule has 142 valence electrons. The highest BCUT2D eigenvalue weighted by Gasteiger charge is 2.20. The van der Waals surface area contributed by atoms with Gasteiger partial charge in [-0.15, -0.1) is 11.3 Å². The van der Waals surface area contributed by atoms with Crippen LogP contribution in [0.5, 0.6) is 0 Å². The highest BCUT2D eigenvalue weighted by atomic mass is 32.1. The summed E-state index contributed by atoms with van der Waals surface area (Å²) in [6.07, 6.45) is 1.11. The quantitative estimate of drug-likeness (QED) is 0.548. The number of guanidine groups is 1. The Kier molecular flexibility index (Phi) is 8.72. The minimum Gasteiger partial charge on any atom is -0.357 e. The van der Waals surface area contributed by atoms with Crippen molar-refractivity contribution >= 4 is 17.3 Å². The van der Waals surface area contributed by atoms with Crippen LogP contribution in [0.25, 0.3) is 0 Å². The van der Waals surface area contributed by atoms with E-state index in [1.807, 2.05) is 11.3 Å². The Balaban J connectivity index is 1.80. The van der Waals surface area contributed by atoms with E-state index in [9.17, 15) is 0 Å². The molecule has 25 heavy (non-hydrogen) atoms. The fourth-order valence-electron chi connectivity index (χ4n) is 3.09. The van der Waals surface area contributed by atoms with Gasteiger partial charge in [0.1, 0.15) is 0 Å². The van der Waals surface area contributed by atoms with E-state index in [1.54, 1.807) is 0 Å². The smallest absolute Gasteiger partial charge is 0.191 e. The molecule has 1 unspecified atom stereocenters. The van der Waals surface area contributed by atoms with Crippen LogP contribution in [0.2, 0.25) is 0 Å². The number of aliphatic imine (C=N–C) groups is 1. The summed E-state index contributed by atoms with van der Waals surface area (Å²) < 4.78 is 0. The van der Waals surface area contributed by atoms with Crippen molar-refractivity contribution in [1.29, 1.82) is 0 Å². The molecule has 1 aromatic heterocycles. The van der Waals surface area contributed by atoms with Gasteiger partial charge in [0.25, 0.3) is 0 Å². The Morgan fingerprint density at radius 2 is 1.84 bits per heavy atom. The molecular weight excluding hydrogens is 330 g/mol. The van der Waals surface area contributed by atoms with Gasteiger partial charge in [0.2, 0.25) is 0 Å². The Hall–Kier alpha value is -1.11. The molecule has 0 amide bonds. The summed E-state index contributed by atoms with van der Waals surface area (Å²) in [5.41, 5.74) is 0. The molecule has 6 heteroatoms. The number of likely N-dealkylation sites (N-methyl/N-ethyl adjacent to an activating group) is 1. The Labute approximate surface area is 157 Å². The van der Waals surface area contributed by atoms with Crippen LogP contribution in [0.1, 0.15) is 37.4 Å². The second-order valence-corrected chi connectivity index (χ2v) is 7.87. The van der Waals surface area contributed by atoms with Gasteiger partial charge in [0.05, 0.1) is 6.54 Å². The summed E-state index contributed by atoms with van der Waals surface area (Å²) in [7, 11) is 0. The molecule has 1 atom stereocenters. The van der Waals surface area contributed by atoms with Crippen molar-refractivity contribution in [3.8, 4) is 0 Å². The van der Waals surface area contributed by atoms with Crippen LogP contribution in [0.3, 0.4) is 0 Å². The first-order valence-corrected chi connectivity index (χ1v) is 10.5. The van der Waals surface area contributed by atoms with Crippen molar-refractivity contribution in [3.63, 3.8) is 0 Å². The SMILES string of the molecule is CCNC(=NCc1ccc(CC)s1)NCC(C)N1CCN(CC)CC1. The second kappa shape index (κ2) is 10.8. The summed E-state index contributed by atoms with van der Waals surface area (Å²) >= 11 is 1.87. The maximum atomic E-state index is 4.75. The largest absolute Gasteiger partial charge is 0.357 e. The highest BCUT2D eigenvalue weighted by molar-refractivity contribution is 7.11. The zero-order valence-electron chi connectivity index (χ0n) is 16.3. The Morgan fingerprint density at radius 3 is 2.44 bits per heavy atom. The van der Waals surface area contributed by atoms with Crippen molar-refractivity contribution in [2.24, 2.45) is 4.99 Å². The van der Waals surface area contributed by atoms with E-state index in [1.165, 1.54) is 42.5 Å². The monoisotopic (exact) mass is 365 g/mol. The van der Waals surface area contributed by atoms with Crippen molar-refractivity contribution in [2.75, 3.05) is 45.8 Å². The van der Waals surface area contributed by atoms with Gasteiger partial charge in [-0.05, 0) is 38.9 Å². The zero-order chi connectivity index (χ0) is 18.1. The summed E-state index contributed by atoms with van der Waals surface area (Å²) in [5, 5.41) is 6.89. The summed E-state index contributed by atoms with van der Waals surface area (Å²) in [6, 6.07) is 4.94. The number of rotatable bonds is 8. The first kappa shape index (κ1) is 20.2. The molecule has 5 nitrogen and oxygen atoms in total. The summed E-state index contributed by atoms with van der Waals surface area (Å²) in [5.74, 6) is 0.924. The molecule has 1 fully saturated rings. The van der Waals surface area contributed by atoms with Gasteiger partial charge >= 0.3 is 0 Å². The molecule has 2 N–H and O–H groups in total. The molecule has 1 aliphatic heterocycles. The predicted octanol–water partition coefficient (Wildman–Crippen LogP) is 2.39. The maximum absolute atomic E-state index is 4.75. The van der Waals surface area contributed by atoms with Gasteiger partial charge in [-0.2, -0.15) is 0 Å². The van der Waals surface area contributed by atoms with E-state index < -0.39 is 0 Å². The van der Waals surface area contributed by atoms with E-state index in [4.69, 9.17) is 4.99 Å². The molecule has 1 saturated heterocycles. The third-order valence-corrected chi connectivity index (χ3v) is 6.06. The number of aryl methyl sites for hydroxylation is 1. The first-order valence-electron chi connectivity index (χ1n) is 9.72. The van der Waals surface area contributed by atoms with E-state index >= 15 is 0 Å². The van der Waals surface area contributed by atoms with Crippen molar-refractivity contribution in [3.05, 3.63) is 21.9 Å². The van der Waals surface area contributed by atoms with E-state index in [0.29, 0.717) is 6.04 Å². The molecule has 0 radical (unpaired) electrons. The molecule has 2 rings (SSSR count). The van der Waals surface area contributed by atoms with Gasteiger partial charge in [0, 0.05) is 55.1 Å². The van der Waals surface area contributed by atoms with Gasteiger partial charge in [-0.1, -0.05) is 13.8 Å². The number of hydrogen-bond acceptors (Lipinski definition) is 4. The van der Waals surface area contributed by atoms with Crippen LogP contribution >= 0.6 is 11.3 Å². The number of nitrogens with zero attached hydrogens (tertiary/aromatic N) is 3. The molecule has 0 aliphatic carbocycles. The molecule has 0 saturated carbocycles. The summed E-state index contributed by atoms with van der Waals surface area (Å²) in [4.78, 5) is 12.6. The standard InChI is InChI=1S/C19H35N5S/c1-5-17-8-9-18(25-17)15-22-19(20-6-2)21-14-16(4)24-12-10-23(7-3)11-13-24/h8-9,16H,5-7,10-15H2,1-4H3,(H2,20,21,22). The van der Waals surface area contributed by atoms with Crippen molar-refractivity contribution in [1.82, 2.24) is 20.4 Å². The van der Waals surface area contributed by atoms with Gasteiger partial charge in [0.15, 0.2) is 5.96 Å². The lowest BCUT2D eigenvalue weighted by atomic mass is 10.2. The van der Waals surface area contributed by atoms with Crippen LogP contribution in [-0.4, -0.2) is 67.6 Å². The number of hydrogen-bond donors (Lipinski definition) is 2. The fraction of sp³-hybridized carbons (Fsp3) is 0.737. The molecular formula is C19H35N5S. The summed E-state index contributed by atoms with van der Waals surface area (Å²) in [6.45, 7) is 17.3. The second-order valence-electron chi connectivity index (χ2n) is 6.62. The van der Waals surface area contributed by atoms with Gasteiger partial charge in [-0.3, -0.25) is 4.90 Å². The Morgan fingerprint density at radius 1 is 1.12 bits per heavy atom. The van der Waals surface area contributed by atoms with Crippen LogP contribution in [0, 0.1) is 0 Å². The highest BCUT2D eigenvalue weighted by Crippen LogP contribution is 2.17. The van der Waals surface area contributed by atoms with E-state index in [-0.39, 0.29) is 0 Å². The van der Waals surface area contributed by atoms with Crippen LogP contribution in [0.15, 0.2) is 17.1 Å². The topological polar surface area (TPSA) is 42.9 Å². The minimum absolute atomic E-state index is 0.524. The third kappa shape index (κ3) is 6.60. The predicted molar refractivity (Wildman–Crippen MR) is 110 cm³/mol. The van der Waals surface area contributed by atoms with Crippen molar-refractivity contribution in [2.45, 2.75) is 46.7 Å². The average Bonchev–Trinajstić information content (AvgIpc) is 3.12. The lowest BCUT2D eigenvalue weighted by molar-refractivity contribution is 0.107. The minimum atomic E-state index is 0.524. The Bertz CT molecular complexity index is 520. The van der Waals surface area contributed by atoms with Gasteiger partial charge in [-0.25, -0.2) is 4.99 Å². The fourth-order valence-corrected chi connectivity index (χ4v) is 3.97. The van der Waals surface area contributed by atoms with Crippen LogP contribution in [-0.2, 0) is 13.0 Å². The third-order valence-electron chi connectivity index (χ3n) is 4.85. The number of thiophene rings is 1. The lowest BCUT2D eigenvalue weighted by Crippen LogP contribution is -2.53. The number of piperazine rings is 1. The van der Waals surface area contributed by atoms with E-state index in [2.05, 4.69) is 60.3 Å². The normalized spacial score (nSPS) is 18.3. The molecule has 0 spiro atoms. The first-order chi connectivity index (χ1) is 12.2. The maximum Gasteiger partial charge on any atom is 0.191 e. The lowest BCUT2D eigenvalue weighted by Gasteiger charge is -2.37. The molecule has 0 aromatic carbocycles. The van der Waals surface area contributed by atoms with E-state index in [0.717, 1.165) is 32.0 Å². The average molecular weight is 366 g/mol. The molecule has 1 aliphatic rings. The molecule has 1 aromatic rings. The van der Waals surface area contributed by atoms with Gasteiger partial charge < -0.3 is 15.5 Å². The number of nitrogens with one attached hydrogen (secondary N) is 2. The molecule has 0 bridgehead atoms. The molecule has 2 heterocycles. The van der Waals surface area contributed by atoms with Crippen molar-refractivity contribution < 1.29 is 0 Å². The van der Waals surface area contributed by atoms with Crippen LogP contribution < -0.4 is 10.6 Å².